The Hall–Kier alpha value is -1.99. The van der Waals surface area contributed by atoms with Crippen molar-refractivity contribution in [3.8, 4) is 11.1 Å². The van der Waals surface area contributed by atoms with Gasteiger partial charge in [-0.25, -0.2) is 0 Å². The number of rotatable bonds is 7. The molecule has 0 radical (unpaired) electrons. The van der Waals surface area contributed by atoms with Crippen molar-refractivity contribution < 1.29 is 14.6 Å². The quantitative estimate of drug-likeness (QED) is 0.627. The summed E-state index contributed by atoms with van der Waals surface area (Å²) in [5.41, 5.74) is 3.55. The summed E-state index contributed by atoms with van der Waals surface area (Å²) in [6.07, 6.45) is 3.35. The molecule has 3 N–H and O–H groups in total. The first-order chi connectivity index (χ1) is 14.6. The number of hydrogen-bond donors (Lipinski definition) is 3. The fourth-order valence-corrected chi connectivity index (χ4v) is 4.32. The zero-order valence-electron chi connectivity index (χ0n) is 16.9. The number of aliphatic hydroxyl groups excluding tert-OH is 1. The van der Waals surface area contributed by atoms with E-state index in [1.807, 2.05) is 18.2 Å². The number of aromatic nitrogens is 1. The summed E-state index contributed by atoms with van der Waals surface area (Å²) < 4.78 is 5.43. The highest BCUT2D eigenvalue weighted by atomic mass is 35.5. The molecule has 0 unspecified atom stereocenters. The number of carbonyl (C=O) groups is 1. The minimum absolute atomic E-state index is 0.000140. The number of β-amino-alcohol motifs (C(OH)–C–C–N with tert-alkyl or cyclic N) is 1. The lowest BCUT2D eigenvalue weighted by atomic mass is 9.96. The van der Waals surface area contributed by atoms with E-state index in [4.69, 9.17) is 16.3 Å². The van der Waals surface area contributed by atoms with Crippen LogP contribution in [0.1, 0.15) is 18.5 Å². The average molecular weight is 430 g/mol. The van der Waals surface area contributed by atoms with Crippen LogP contribution in [0.25, 0.3) is 11.1 Å². The van der Waals surface area contributed by atoms with Crippen LogP contribution < -0.4 is 10.6 Å². The van der Waals surface area contributed by atoms with Crippen molar-refractivity contribution in [2.45, 2.75) is 25.4 Å². The van der Waals surface area contributed by atoms with E-state index in [2.05, 4.69) is 27.8 Å². The highest BCUT2D eigenvalue weighted by Crippen LogP contribution is 2.30. The molecule has 160 valence electrons. The Balaban J connectivity index is 1.46. The van der Waals surface area contributed by atoms with E-state index in [1.54, 1.807) is 6.20 Å². The Morgan fingerprint density at radius 3 is 2.87 bits per heavy atom. The predicted molar refractivity (Wildman–Crippen MR) is 118 cm³/mol. The number of nitrogens with one attached hydrogen (secondary N) is 2. The molecule has 2 atom stereocenters. The highest BCUT2D eigenvalue weighted by Gasteiger charge is 2.31. The number of benzene rings is 1. The standard InChI is InChI=1S/C23H28ClN3O3/c24-21-13-27-18(10-22(28)20-12-25-14-23(20)29)9-19(21)16-2-1-3-17(8-16)26-11-15-4-6-30-7-5-15/h1-3,8-9,13,15,20,23,25-26,29H,4-7,10-12,14H2/t20-,23-/m1/s1. The average Bonchev–Trinajstić information content (AvgIpc) is 3.20. The van der Waals surface area contributed by atoms with Gasteiger partial charge in [0.25, 0.3) is 0 Å². The molecule has 0 amide bonds. The van der Waals surface area contributed by atoms with E-state index in [0.717, 1.165) is 49.4 Å². The number of aliphatic hydroxyl groups is 1. The highest BCUT2D eigenvalue weighted by molar-refractivity contribution is 6.33. The maximum absolute atomic E-state index is 12.6. The molecule has 1 aromatic heterocycles. The predicted octanol–water partition coefficient (Wildman–Crippen LogP) is 2.93. The van der Waals surface area contributed by atoms with E-state index in [1.165, 1.54) is 0 Å². The lowest BCUT2D eigenvalue weighted by Gasteiger charge is -2.22. The lowest BCUT2D eigenvalue weighted by molar-refractivity contribution is -0.124. The van der Waals surface area contributed by atoms with Crippen LogP contribution >= 0.6 is 11.6 Å². The fourth-order valence-electron chi connectivity index (χ4n) is 4.11. The number of nitrogens with zero attached hydrogens (tertiary/aromatic N) is 1. The molecular formula is C23H28ClN3O3. The number of ether oxygens (including phenoxy) is 1. The number of carbonyl (C=O) groups excluding carboxylic acids is 1. The van der Waals surface area contributed by atoms with Crippen LogP contribution in [-0.2, 0) is 16.0 Å². The first-order valence-electron chi connectivity index (χ1n) is 10.6. The molecule has 3 heterocycles. The van der Waals surface area contributed by atoms with E-state index < -0.39 is 6.10 Å². The SMILES string of the molecule is O=C(Cc1cc(-c2cccc(NCC3CCOCC3)c2)c(Cl)cn1)[C@H]1CNC[C@H]1O. The van der Waals surface area contributed by atoms with Gasteiger partial charge >= 0.3 is 0 Å². The Morgan fingerprint density at radius 1 is 1.27 bits per heavy atom. The number of Topliss-reactive ketones (excluding diaryl/α,β-unsaturated/α-hetero) is 1. The molecule has 1 aromatic carbocycles. The summed E-state index contributed by atoms with van der Waals surface area (Å²) in [5, 5.41) is 17.1. The number of anilines is 1. The van der Waals surface area contributed by atoms with Gasteiger partial charge in [-0.3, -0.25) is 9.78 Å². The second-order valence-electron chi connectivity index (χ2n) is 8.15. The van der Waals surface area contributed by atoms with Crippen LogP contribution in [0.15, 0.2) is 36.5 Å². The van der Waals surface area contributed by atoms with E-state index in [0.29, 0.717) is 29.7 Å². The van der Waals surface area contributed by atoms with E-state index >= 15 is 0 Å². The topological polar surface area (TPSA) is 83.5 Å². The van der Waals surface area contributed by atoms with Crippen molar-refractivity contribution in [2.75, 3.05) is 38.2 Å². The Bertz CT molecular complexity index is 886. The van der Waals surface area contributed by atoms with E-state index in [9.17, 15) is 9.90 Å². The van der Waals surface area contributed by atoms with Gasteiger partial charge in [0.1, 0.15) is 5.78 Å². The second-order valence-corrected chi connectivity index (χ2v) is 8.56. The van der Waals surface area contributed by atoms with Crippen LogP contribution in [0.5, 0.6) is 0 Å². The normalized spacial score (nSPS) is 22.2. The van der Waals surface area contributed by atoms with Gasteiger partial charge in [-0.1, -0.05) is 23.7 Å². The van der Waals surface area contributed by atoms with Gasteiger partial charge in [-0.15, -0.1) is 0 Å². The molecule has 2 aromatic rings. The molecule has 4 rings (SSSR count). The molecule has 0 bridgehead atoms. The third-order valence-corrected chi connectivity index (χ3v) is 6.27. The summed E-state index contributed by atoms with van der Waals surface area (Å²) in [4.78, 5) is 16.9. The number of pyridine rings is 1. The molecule has 0 aliphatic carbocycles. The largest absolute Gasteiger partial charge is 0.391 e. The molecule has 30 heavy (non-hydrogen) atoms. The third kappa shape index (κ3) is 5.19. The van der Waals surface area contributed by atoms with Crippen molar-refractivity contribution in [2.24, 2.45) is 11.8 Å². The van der Waals surface area contributed by atoms with Crippen molar-refractivity contribution in [1.29, 1.82) is 0 Å². The first kappa shape index (κ1) is 21.2. The number of ketones is 1. The first-order valence-corrected chi connectivity index (χ1v) is 11.0. The molecule has 0 saturated carbocycles. The summed E-state index contributed by atoms with van der Waals surface area (Å²) in [6, 6.07) is 10.0. The molecule has 2 aliphatic heterocycles. The minimum Gasteiger partial charge on any atom is -0.391 e. The smallest absolute Gasteiger partial charge is 0.145 e. The Labute approximate surface area is 182 Å². The van der Waals surface area contributed by atoms with Crippen LogP contribution in [0.4, 0.5) is 5.69 Å². The molecular weight excluding hydrogens is 402 g/mol. The van der Waals surface area contributed by atoms with Gasteiger partial charge in [0.2, 0.25) is 0 Å². The van der Waals surface area contributed by atoms with Crippen molar-refractivity contribution >= 4 is 23.1 Å². The molecule has 6 nitrogen and oxygen atoms in total. The van der Waals surface area contributed by atoms with Gasteiger partial charge < -0.3 is 20.5 Å². The molecule has 2 fully saturated rings. The van der Waals surface area contributed by atoms with Gasteiger partial charge in [0.15, 0.2) is 0 Å². The molecule has 2 saturated heterocycles. The zero-order valence-corrected chi connectivity index (χ0v) is 17.7. The maximum atomic E-state index is 12.6. The Kier molecular flexibility index (Phi) is 7.00. The van der Waals surface area contributed by atoms with Gasteiger partial charge in [-0.2, -0.15) is 0 Å². The van der Waals surface area contributed by atoms with Crippen molar-refractivity contribution in [1.82, 2.24) is 10.3 Å². The third-order valence-electron chi connectivity index (χ3n) is 5.97. The number of halogens is 1. The summed E-state index contributed by atoms with van der Waals surface area (Å²) in [7, 11) is 0. The summed E-state index contributed by atoms with van der Waals surface area (Å²) in [6.45, 7) is 3.59. The second kappa shape index (κ2) is 9.88. The maximum Gasteiger partial charge on any atom is 0.145 e. The van der Waals surface area contributed by atoms with E-state index in [-0.39, 0.29) is 18.1 Å². The van der Waals surface area contributed by atoms with Gasteiger partial charge in [0.05, 0.1) is 17.0 Å². The molecule has 0 spiro atoms. The van der Waals surface area contributed by atoms with Crippen LogP contribution in [-0.4, -0.2) is 54.8 Å². The summed E-state index contributed by atoms with van der Waals surface area (Å²) in [5.74, 6) is 0.258. The monoisotopic (exact) mass is 429 g/mol. The molecule has 2 aliphatic rings. The number of hydrogen-bond acceptors (Lipinski definition) is 6. The minimum atomic E-state index is -0.622. The van der Waals surface area contributed by atoms with Crippen molar-refractivity contribution in [3.63, 3.8) is 0 Å². The summed E-state index contributed by atoms with van der Waals surface area (Å²) >= 11 is 6.44. The zero-order chi connectivity index (χ0) is 20.9. The van der Waals surface area contributed by atoms with Crippen LogP contribution in [0.3, 0.4) is 0 Å². The Morgan fingerprint density at radius 2 is 2.10 bits per heavy atom. The van der Waals surface area contributed by atoms with Crippen LogP contribution in [0.2, 0.25) is 5.02 Å². The molecule has 7 heteroatoms. The van der Waals surface area contributed by atoms with Crippen molar-refractivity contribution in [3.05, 3.63) is 47.2 Å². The lowest BCUT2D eigenvalue weighted by Crippen LogP contribution is -2.28. The van der Waals surface area contributed by atoms with Gasteiger partial charge in [-0.05, 0) is 42.5 Å². The fraction of sp³-hybridized carbons (Fsp3) is 0.478. The van der Waals surface area contributed by atoms with Crippen LogP contribution in [0, 0.1) is 11.8 Å². The van der Waals surface area contributed by atoms with Gasteiger partial charge in [0, 0.05) is 62.4 Å².